The first kappa shape index (κ1) is 18.1. The molecule has 0 aromatic heterocycles. The van der Waals surface area contributed by atoms with Crippen molar-refractivity contribution in [1.82, 2.24) is 4.83 Å². The van der Waals surface area contributed by atoms with Gasteiger partial charge in [0, 0.05) is 15.9 Å². The number of sulfonamides is 1. The number of nitrogens with one attached hydrogen (secondary N) is 1. The topological polar surface area (TPSA) is 58.5 Å². The molecule has 0 fully saturated rings. The standard InChI is InChI=1S/C19H19IN2O2S/c1-13-8-10-16(11-9-13)25(23,24)22-21-18-12-17(14(2)19(18)20)15-6-4-3-5-7-15/h3-11,17,22H,12H2,1-2H3/b21-18+/t17-/m1/s1. The van der Waals surface area contributed by atoms with E-state index in [2.05, 4.69) is 51.6 Å². The van der Waals surface area contributed by atoms with Crippen LogP contribution in [0.1, 0.15) is 30.4 Å². The number of hydrogen-bond acceptors (Lipinski definition) is 3. The third-order valence-electron chi connectivity index (χ3n) is 4.35. The highest BCUT2D eigenvalue weighted by atomic mass is 127. The van der Waals surface area contributed by atoms with Crippen LogP contribution in [-0.4, -0.2) is 14.1 Å². The lowest BCUT2D eigenvalue weighted by Crippen LogP contribution is -2.20. The van der Waals surface area contributed by atoms with Crippen molar-refractivity contribution in [3.8, 4) is 0 Å². The minimum atomic E-state index is -3.65. The summed E-state index contributed by atoms with van der Waals surface area (Å²) in [5, 5.41) is 4.21. The molecule has 0 heterocycles. The van der Waals surface area contributed by atoms with E-state index in [0.29, 0.717) is 6.42 Å². The van der Waals surface area contributed by atoms with Gasteiger partial charge in [0.05, 0.1) is 10.6 Å². The van der Waals surface area contributed by atoms with E-state index in [1.165, 1.54) is 11.1 Å². The van der Waals surface area contributed by atoms with E-state index in [9.17, 15) is 8.42 Å². The van der Waals surface area contributed by atoms with Gasteiger partial charge in [-0.15, -0.1) is 0 Å². The molecule has 25 heavy (non-hydrogen) atoms. The molecular weight excluding hydrogens is 447 g/mol. The van der Waals surface area contributed by atoms with Crippen molar-refractivity contribution in [1.29, 1.82) is 0 Å². The Hall–Kier alpha value is -1.67. The molecule has 1 N–H and O–H groups in total. The van der Waals surface area contributed by atoms with E-state index in [0.717, 1.165) is 14.9 Å². The van der Waals surface area contributed by atoms with E-state index in [4.69, 9.17) is 0 Å². The number of allylic oxidation sites excluding steroid dienone is 2. The van der Waals surface area contributed by atoms with Crippen molar-refractivity contribution in [3.63, 3.8) is 0 Å². The molecule has 0 radical (unpaired) electrons. The Balaban J connectivity index is 1.82. The molecule has 0 unspecified atom stereocenters. The van der Waals surface area contributed by atoms with E-state index < -0.39 is 10.0 Å². The maximum atomic E-state index is 12.4. The van der Waals surface area contributed by atoms with Crippen LogP contribution in [0.5, 0.6) is 0 Å². The molecule has 0 saturated carbocycles. The summed E-state index contributed by atoms with van der Waals surface area (Å²) in [4.78, 5) is 2.60. The van der Waals surface area contributed by atoms with Crippen molar-refractivity contribution >= 4 is 38.3 Å². The first-order chi connectivity index (χ1) is 11.9. The monoisotopic (exact) mass is 466 g/mol. The SMILES string of the molecule is CC1=C(I)/C(=N/NS(=O)(=O)c2ccc(C)cc2)C[C@H]1c1ccccc1. The Labute approximate surface area is 162 Å². The first-order valence-corrected chi connectivity index (χ1v) is 10.5. The summed E-state index contributed by atoms with van der Waals surface area (Å²) in [6.45, 7) is 4.00. The van der Waals surface area contributed by atoms with Gasteiger partial charge in [-0.25, -0.2) is 0 Å². The van der Waals surface area contributed by atoms with Crippen LogP contribution >= 0.6 is 22.6 Å². The molecule has 130 valence electrons. The number of benzene rings is 2. The highest BCUT2D eigenvalue weighted by Crippen LogP contribution is 2.40. The van der Waals surface area contributed by atoms with Crippen LogP contribution < -0.4 is 4.83 Å². The Morgan fingerprint density at radius 3 is 2.32 bits per heavy atom. The predicted molar refractivity (Wildman–Crippen MR) is 109 cm³/mol. The van der Waals surface area contributed by atoms with E-state index in [1.807, 2.05) is 25.1 Å². The summed E-state index contributed by atoms with van der Waals surface area (Å²) in [7, 11) is -3.65. The highest BCUT2D eigenvalue weighted by Gasteiger charge is 2.28. The average molecular weight is 466 g/mol. The minimum Gasteiger partial charge on any atom is -0.200 e. The van der Waals surface area contributed by atoms with Gasteiger partial charge < -0.3 is 0 Å². The Kier molecular flexibility index (Phi) is 5.29. The fourth-order valence-corrected chi connectivity index (χ4v) is 4.40. The molecule has 2 aromatic rings. The molecule has 1 atom stereocenters. The molecule has 0 bridgehead atoms. The van der Waals surface area contributed by atoms with Crippen molar-refractivity contribution < 1.29 is 8.42 Å². The zero-order chi connectivity index (χ0) is 18.0. The quantitative estimate of drug-likeness (QED) is 0.532. The summed E-state index contributed by atoms with van der Waals surface area (Å²) in [5.74, 6) is 0.246. The molecule has 0 aliphatic heterocycles. The molecule has 0 saturated heterocycles. The van der Waals surface area contributed by atoms with E-state index >= 15 is 0 Å². The van der Waals surface area contributed by atoms with Crippen molar-refractivity contribution in [2.75, 3.05) is 0 Å². The van der Waals surface area contributed by atoms with Gasteiger partial charge in [-0.3, -0.25) is 0 Å². The predicted octanol–water partition coefficient (Wildman–Crippen LogP) is 4.53. The van der Waals surface area contributed by atoms with Gasteiger partial charge in [0.1, 0.15) is 0 Å². The summed E-state index contributed by atoms with van der Waals surface area (Å²) in [6, 6.07) is 16.9. The van der Waals surface area contributed by atoms with Crippen LogP contribution in [-0.2, 0) is 10.0 Å². The molecule has 6 heteroatoms. The number of nitrogens with zero attached hydrogens (tertiary/aromatic N) is 1. The maximum absolute atomic E-state index is 12.4. The Morgan fingerprint density at radius 2 is 1.68 bits per heavy atom. The average Bonchev–Trinajstić information content (AvgIpc) is 2.89. The van der Waals surface area contributed by atoms with Crippen molar-refractivity contribution in [2.24, 2.45) is 5.10 Å². The lowest BCUT2D eigenvalue weighted by Gasteiger charge is -2.11. The number of rotatable bonds is 4. The normalized spacial score (nSPS) is 19.5. The second-order valence-electron chi connectivity index (χ2n) is 6.13. The van der Waals surface area contributed by atoms with Gasteiger partial charge in [-0.1, -0.05) is 53.6 Å². The van der Waals surface area contributed by atoms with Crippen LogP contribution in [0.2, 0.25) is 0 Å². The van der Waals surface area contributed by atoms with Crippen molar-refractivity contribution in [3.05, 3.63) is 74.9 Å². The van der Waals surface area contributed by atoms with Gasteiger partial charge in [-0.05, 0) is 54.1 Å². The summed E-state index contributed by atoms with van der Waals surface area (Å²) < 4.78 is 25.8. The third-order valence-corrected chi connectivity index (χ3v) is 7.05. The fraction of sp³-hybridized carbons (Fsp3) is 0.211. The second-order valence-corrected chi connectivity index (χ2v) is 8.87. The molecule has 4 nitrogen and oxygen atoms in total. The number of halogens is 1. The second kappa shape index (κ2) is 7.29. The lowest BCUT2D eigenvalue weighted by atomic mass is 9.93. The van der Waals surface area contributed by atoms with Gasteiger partial charge in [0.15, 0.2) is 0 Å². The van der Waals surface area contributed by atoms with Crippen LogP contribution in [0, 0.1) is 6.92 Å². The van der Waals surface area contributed by atoms with E-state index in [1.54, 1.807) is 24.3 Å². The molecule has 0 spiro atoms. The molecule has 0 amide bonds. The largest absolute Gasteiger partial charge is 0.276 e. The fourth-order valence-electron chi connectivity index (χ4n) is 2.85. The summed E-state index contributed by atoms with van der Waals surface area (Å²) in [6.07, 6.45) is 0.699. The van der Waals surface area contributed by atoms with Crippen LogP contribution in [0.3, 0.4) is 0 Å². The molecule has 3 rings (SSSR count). The molecular formula is C19H19IN2O2S. The zero-order valence-corrected chi connectivity index (χ0v) is 17.0. The number of aryl methyl sites for hydroxylation is 1. The zero-order valence-electron chi connectivity index (χ0n) is 14.0. The number of hydrogen-bond donors (Lipinski definition) is 1. The van der Waals surface area contributed by atoms with Crippen LogP contribution in [0.4, 0.5) is 0 Å². The maximum Gasteiger partial charge on any atom is 0.276 e. The molecule has 2 aromatic carbocycles. The molecule has 1 aliphatic carbocycles. The van der Waals surface area contributed by atoms with Gasteiger partial charge in [0.2, 0.25) is 0 Å². The smallest absolute Gasteiger partial charge is 0.200 e. The highest BCUT2D eigenvalue weighted by molar-refractivity contribution is 14.1. The summed E-state index contributed by atoms with van der Waals surface area (Å²) >= 11 is 2.25. The molecule has 1 aliphatic rings. The van der Waals surface area contributed by atoms with E-state index in [-0.39, 0.29) is 10.8 Å². The van der Waals surface area contributed by atoms with Crippen LogP contribution in [0.15, 0.2) is 73.7 Å². The lowest BCUT2D eigenvalue weighted by molar-refractivity contribution is 0.584. The Morgan fingerprint density at radius 1 is 1.04 bits per heavy atom. The first-order valence-electron chi connectivity index (χ1n) is 7.95. The van der Waals surface area contributed by atoms with Gasteiger partial charge in [-0.2, -0.15) is 18.4 Å². The number of hydrazone groups is 1. The van der Waals surface area contributed by atoms with Crippen LogP contribution in [0.25, 0.3) is 0 Å². The van der Waals surface area contributed by atoms with Crippen molar-refractivity contribution in [2.45, 2.75) is 31.1 Å². The van der Waals surface area contributed by atoms with Gasteiger partial charge >= 0.3 is 0 Å². The summed E-state index contributed by atoms with van der Waals surface area (Å²) in [5.41, 5.74) is 4.24. The Bertz CT molecular complexity index is 933. The minimum absolute atomic E-state index is 0.218. The van der Waals surface area contributed by atoms with Gasteiger partial charge in [0.25, 0.3) is 10.0 Å². The third kappa shape index (κ3) is 3.95.